The smallest absolute Gasteiger partial charge is 0.417 e. The fourth-order valence-electron chi connectivity index (χ4n) is 1.05. The lowest BCUT2D eigenvalue weighted by Crippen LogP contribution is -2.29. The Balaban J connectivity index is 2.76. The molecule has 0 spiro atoms. The van der Waals surface area contributed by atoms with Crippen LogP contribution in [0.1, 0.15) is 13.8 Å². The van der Waals surface area contributed by atoms with Crippen LogP contribution in [0.15, 0.2) is 18.3 Å². The third-order valence-electron chi connectivity index (χ3n) is 1.61. The van der Waals surface area contributed by atoms with E-state index in [1.54, 1.807) is 10.8 Å². The Labute approximate surface area is 84.4 Å². The first-order chi connectivity index (χ1) is 6.15. The zero-order valence-corrected chi connectivity index (χ0v) is 9.31. The second-order valence-electron chi connectivity index (χ2n) is 3.02. The number of hydrogen-bond donors (Lipinski definition) is 0. The highest BCUT2D eigenvalue weighted by Crippen LogP contribution is 1.95. The molecular weight excluding hydrogens is 181 g/mol. The molecular formula is C9H13AlNO2. The van der Waals surface area contributed by atoms with Crippen molar-refractivity contribution in [2.75, 3.05) is 0 Å². The van der Waals surface area contributed by atoms with E-state index in [9.17, 15) is 4.79 Å². The average molecular weight is 194 g/mol. The minimum Gasteiger partial charge on any atom is -0.446 e. The van der Waals surface area contributed by atoms with Crippen molar-refractivity contribution < 1.29 is 9.53 Å². The van der Waals surface area contributed by atoms with Crippen molar-refractivity contribution in [3.63, 3.8) is 0 Å². The Hall–Kier alpha value is -0.718. The van der Waals surface area contributed by atoms with Crippen LogP contribution in [0.25, 0.3) is 0 Å². The van der Waals surface area contributed by atoms with Crippen LogP contribution in [-0.2, 0) is 4.74 Å². The maximum Gasteiger partial charge on any atom is 0.417 e. The van der Waals surface area contributed by atoms with Crippen LogP contribution in [0.3, 0.4) is 0 Å². The SMILES string of the molecule is [CH3][Al][c]1cccn1C(=O)OC(C)C. The maximum absolute atomic E-state index is 11.4. The van der Waals surface area contributed by atoms with E-state index in [0.717, 1.165) is 4.56 Å². The molecule has 0 aliphatic carbocycles. The number of hydrogen-bond acceptors (Lipinski definition) is 2. The summed E-state index contributed by atoms with van der Waals surface area (Å²) in [6.45, 7) is 3.69. The van der Waals surface area contributed by atoms with Gasteiger partial charge in [-0.25, -0.2) is 4.79 Å². The quantitative estimate of drug-likeness (QED) is 0.663. The predicted molar refractivity (Wildman–Crippen MR) is 52.7 cm³/mol. The topological polar surface area (TPSA) is 31.2 Å². The lowest BCUT2D eigenvalue weighted by atomic mass is 10.5. The molecule has 0 unspecified atom stereocenters. The molecule has 69 valence electrons. The fourth-order valence-corrected chi connectivity index (χ4v) is 1.83. The first-order valence-electron chi connectivity index (χ1n) is 4.33. The van der Waals surface area contributed by atoms with E-state index < -0.39 is 0 Å². The van der Waals surface area contributed by atoms with Crippen molar-refractivity contribution in [2.45, 2.75) is 25.7 Å². The highest BCUT2D eigenvalue weighted by molar-refractivity contribution is 6.51. The molecule has 0 fully saturated rings. The van der Waals surface area contributed by atoms with Gasteiger partial charge in [0.25, 0.3) is 15.2 Å². The van der Waals surface area contributed by atoms with Gasteiger partial charge in [0.15, 0.2) is 0 Å². The summed E-state index contributed by atoms with van der Waals surface area (Å²) >= 11 is 0.147. The van der Waals surface area contributed by atoms with Crippen molar-refractivity contribution in [1.29, 1.82) is 0 Å². The summed E-state index contributed by atoms with van der Waals surface area (Å²) in [5, 5.41) is 0. The average Bonchev–Trinajstić information content (AvgIpc) is 2.49. The maximum atomic E-state index is 11.4. The van der Waals surface area contributed by atoms with E-state index in [4.69, 9.17) is 4.74 Å². The first-order valence-corrected chi connectivity index (χ1v) is 6.06. The van der Waals surface area contributed by atoms with E-state index in [-0.39, 0.29) is 27.4 Å². The second-order valence-corrected chi connectivity index (χ2v) is 4.19. The summed E-state index contributed by atoms with van der Waals surface area (Å²) in [4.78, 5) is 11.4. The summed E-state index contributed by atoms with van der Waals surface area (Å²) in [5.74, 6) is 2.09. The van der Waals surface area contributed by atoms with Crippen LogP contribution in [0.5, 0.6) is 0 Å². The summed E-state index contributed by atoms with van der Waals surface area (Å²) < 4.78 is 7.71. The number of aromatic nitrogens is 1. The summed E-state index contributed by atoms with van der Waals surface area (Å²) in [6.07, 6.45) is 1.41. The molecule has 0 atom stereocenters. The summed E-state index contributed by atoms with van der Waals surface area (Å²) in [5.41, 5.74) is 0. The van der Waals surface area contributed by atoms with E-state index >= 15 is 0 Å². The van der Waals surface area contributed by atoms with Gasteiger partial charge in [-0.05, 0) is 19.9 Å². The van der Waals surface area contributed by atoms with Gasteiger partial charge in [0, 0.05) is 6.20 Å². The molecule has 1 aromatic rings. The van der Waals surface area contributed by atoms with Gasteiger partial charge in [-0.3, -0.25) is 4.57 Å². The highest BCUT2D eigenvalue weighted by atomic mass is 27.1. The van der Waals surface area contributed by atoms with Gasteiger partial charge in [-0.15, -0.1) is 5.79 Å². The molecule has 3 nitrogen and oxygen atoms in total. The Morgan fingerprint density at radius 1 is 1.62 bits per heavy atom. The normalized spacial score (nSPS) is 10.2. The third kappa shape index (κ3) is 2.61. The Morgan fingerprint density at radius 2 is 2.31 bits per heavy atom. The Morgan fingerprint density at radius 3 is 2.85 bits per heavy atom. The van der Waals surface area contributed by atoms with Crippen LogP contribution in [-0.4, -0.2) is 32.0 Å². The molecule has 0 amide bonds. The van der Waals surface area contributed by atoms with Crippen LogP contribution < -0.4 is 4.56 Å². The van der Waals surface area contributed by atoms with Crippen molar-refractivity contribution in [3.05, 3.63) is 18.3 Å². The van der Waals surface area contributed by atoms with Gasteiger partial charge in [0.1, 0.15) is 0 Å². The third-order valence-corrected chi connectivity index (χ3v) is 2.67. The number of rotatable bonds is 2. The lowest BCUT2D eigenvalue weighted by Gasteiger charge is -2.10. The molecule has 0 aliphatic rings. The molecule has 1 heterocycles. The van der Waals surface area contributed by atoms with E-state index in [1.807, 2.05) is 26.0 Å². The van der Waals surface area contributed by atoms with Gasteiger partial charge in [-0.2, -0.15) is 0 Å². The van der Waals surface area contributed by atoms with Crippen LogP contribution in [0.4, 0.5) is 4.79 Å². The lowest BCUT2D eigenvalue weighted by molar-refractivity contribution is 0.118. The minimum atomic E-state index is -0.274. The van der Waals surface area contributed by atoms with Gasteiger partial charge in [0.2, 0.25) is 0 Å². The summed E-state index contributed by atoms with van der Waals surface area (Å²) in [7, 11) is 0. The van der Waals surface area contributed by atoms with E-state index in [2.05, 4.69) is 5.79 Å². The Kier molecular flexibility index (Phi) is 3.59. The fraction of sp³-hybridized carbons (Fsp3) is 0.444. The molecule has 0 aromatic carbocycles. The van der Waals surface area contributed by atoms with Crippen LogP contribution in [0.2, 0.25) is 5.79 Å². The monoisotopic (exact) mass is 194 g/mol. The molecule has 0 saturated heterocycles. The molecule has 0 aliphatic heterocycles. The number of carbonyl (C=O) groups excluding carboxylic acids is 1. The minimum absolute atomic E-state index is 0.0605. The highest BCUT2D eigenvalue weighted by Gasteiger charge is 2.10. The van der Waals surface area contributed by atoms with Gasteiger partial charge in [-0.1, -0.05) is 10.6 Å². The number of carbonyl (C=O) groups is 1. The summed E-state index contributed by atoms with van der Waals surface area (Å²) in [6, 6.07) is 3.82. The van der Waals surface area contributed by atoms with Crippen molar-refractivity contribution in [3.8, 4) is 0 Å². The predicted octanol–water partition coefficient (Wildman–Crippen LogP) is 1.26. The molecule has 0 bridgehead atoms. The van der Waals surface area contributed by atoms with Crippen LogP contribution >= 0.6 is 0 Å². The molecule has 1 radical (unpaired) electrons. The van der Waals surface area contributed by atoms with Crippen molar-refractivity contribution in [1.82, 2.24) is 4.57 Å². The van der Waals surface area contributed by atoms with Gasteiger partial charge < -0.3 is 4.74 Å². The molecule has 1 rings (SSSR count). The molecule has 0 N–H and O–H groups in total. The largest absolute Gasteiger partial charge is 0.446 e. The zero-order chi connectivity index (χ0) is 9.84. The standard InChI is InChI=1S/C8H10NO2.CH3.Al/c1-7(2)11-8(10)9-5-3-4-6-9;;/h3-5,7H,1-2H3;1H3;. The van der Waals surface area contributed by atoms with E-state index in [0.29, 0.717) is 0 Å². The molecule has 4 heteroatoms. The second kappa shape index (κ2) is 4.50. The van der Waals surface area contributed by atoms with Gasteiger partial charge in [0.05, 0.1) is 6.10 Å². The van der Waals surface area contributed by atoms with Gasteiger partial charge >= 0.3 is 6.09 Å². The zero-order valence-electron chi connectivity index (χ0n) is 8.15. The van der Waals surface area contributed by atoms with E-state index in [1.165, 1.54) is 0 Å². The van der Waals surface area contributed by atoms with Crippen molar-refractivity contribution in [2.24, 2.45) is 0 Å². The Bertz CT molecular complexity index is 294. The molecule has 0 saturated carbocycles. The van der Waals surface area contributed by atoms with Crippen molar-refractivity contribution >= 4 is 25.9 Å². The first kappa shape index (κ1) is 10.4. The number of ether oxygens (including phenoxy) is 1. The number of nitrogens with zero attached hydrogens (tertiary/aromatic N) is 1. The molecule has 13 heavy (non-hydrogen) atoms. The molecule has 1 aromatic heterocycles. The van der Waals surface area contributed by atoms with Crippen LogP contribution in [0, 0.1) is 0 Å².